The van der Waals surface area contributed by atoms with Crippen molar-refractivity contribution < 1.29 is 18.0 Å². The lowest BCUT2D eigenvalue weighted by Gasteiger charge is -2.34. The van der Waals surface area contributed by atoms with E-state index in [-0.39, 0.29) is 29.8 Å². The van der Waals surface area contributed by atoms with E-state index in [9.17, 15) is 18.0 Å². The number of carbonyl (C=O) groups is 2. The first-order valence-electron chi connectivity index (χ1n) is 14.9. The summed E-state index contributed by atoms with van der Waals surface area (Å²) in [7, 11) is -4.14. The van der Waals surface area contributed by atoms with Crippen molar-refractivity contribution in [3.05, 3.63) is 129 Å². The first-order chi connectivity index (χ1) is 21.7. The Kier molecular flexibility index (Phi) is 11.1. The Bertz CT molecular complexity index is 1700. The minimum Gasteiger partial charge on any atom is -0.352 e. The molecule has 0 bridgehead atoms. The van der Waals surface area contributed by atoms with E-state index in [1.807, 2.05) is 54.6 Å². The second-order valence-corrected chi connectivity index (χ2v) is 14.8. The summed E-state index contributed by atoms with van der Waals surface area (Å²) in [5, 5.41) is 3.20. The molecule has 2 amide bonds. The average molecular weight is 754 g/mol. The molecular weight excluding hydrogens is 718 g/mol. The molecular formula is C35H35Br2N3O4S. The minimum atomic E-state index is -4.14. The van der Waals surface area contributed by atoms with Crippen LogP contribution in [-0.2, 0) is 32.6 Å². The Balaban J connectivity index is 1.56. The number of hydrogen-bond acceptors (Lipinski definition) is 4. The molecule has 10 heteroatoms. The van der Waals surface area contributed by atoms with Crippen LogP contribution in [0.15, 0.2) is 123 Å². The van der Waals surface area contributed by atoms with Gasteiger partial charge in [-0.3, -0.25) is 13.9 Å². The summed E-state index contributed by atoms with van der Waals surface area (Å²) in [6.45, 7) is -0.369. The van der Waals surface area contributed by atoms with E-state index < -0.39 is 28.5 Å². The van der Waals surface area contributed by atoms with Gasteiger partial charge in [-0.1, -0.05) is 111 Å². The highest BCUT2D eigenvalue weighted by atomic mass is 79.9. The Morgan fingerprint density at radius 1 is 0.778 bits per heavy atom. The van der Waals surface area contributed by atoms with Gasteiger partial charge >= 0.3 is 0 Å². The highest BCUT2D eigenvalue weighted by molar-refractivity contribution is 9.10. The van der Waals surface area contributed by atoms with Gasteiger partial charge in [0.25, 0.3) is 10.0 Å². The van der Waals surface area contributed by atoms with Crippen LogP contribution in [0.4, 0.5) is 5.69 Å². The highest BCUT2D eigenvalue weighted by Crippen LogP contribution is 2.28. The molecule has 0 aliphatic heterocycles. The summed E-state index contributed by atoms with van der Waals surface area (Å²) in [5.74, 6) is -0.726. The molecule has 1 atom stereocenters. The lowest BCUT2D eigenvalue weighted by molar-refractivity contribution is -0.140. The van der Waals surface area contributed by atoms with Crippen LogP contribution in [0.3, 0.4) is 0 Å². The summed E-state index contributed by atoms with van der Waals surface area (Å²) in [5.41, 5.74) is 2.05. The van der Waals surface area contributed by atoms with Crippen molar-refractivity contribution in [3.63, 3.8) is 0 Å². The summed E-state index contributed by atoms with van der Waals surface area (Å²) in [6.07, 6.45) is 4.18. The lowest BCUT2D eigenvalue weighted by atomic mass is 10.0. The molecule has 4 aromatic carbocycles. The van der Waals surface area contributed by atoms with E-state index >= 15 is 0 Å². The molecule has 1 saturated carbocycles. The fourth-order valence-electron chi connectivity index (χ4n) is 5.59. The van der Waals surface area contributed by atoms with Crippen LogP contribution in [0, 0.1) is 0 Å². The predicted octanol–water partition coefficient (Wildman–Crippen LogP) is 7.11. The number of nitrogens with one attached hydrogen (secondary N) is 1. The molecule has 0 radical (unpaired) electrons. The zero-order valence-electron chi connectivity index (χ0n) is 24.7. The Labute approximate surface area is 281 Å². The number of hydrogen-bond donors (Lipinski definition) is 1. The second-order valence-electron chi connectivity index (χ2n) is 11.1. The van der Waals surface area contributed by atoms with E-state index in [1.165, 1.54) is 17.0 Å². The van der Waals surface area contributed by atoms with Gasteiger partial charge in [0.15, 0.2) is 0 Å². The molecule has 1 aliphatic carbocycles. The number of sulfonamides is 1. The Morgan fingerprint density at radius 3 is 2.07 bits per heavy atom. The first-order valence-corrected chi connectivity index (χ1v) is 17.9. The maximum absolute atomic E-state index is 14.6. The summed E-state index contributed by atoms with van der Waals surface area (Å²) in [6, 6.07) is 31.2. The number of benzene rings is 4. The van der Waals surface area contributed by atoms with Crippen LogP contribution >= 0.6 is 31.9 Å². The van der Waals surface area contributed by atoms with Crippen LogP contribution < -0.4 is 9.62 Å². The van der Waals surface area contributed by atoms with Crippen LogP contribution in [0.1, 0.15) is 36.8 Å². The number of anilines is 1. The van der Waals surface area contributed by atoms with E-state index in [0.29, 0.717) is 10.2 Å². The summed E-state index contributed by atoms with van der Waals surface area (Å²) >= 11 is 6.92. The molecule has 0 spiro atoms. The predicted molar refractivity (Wildman–Crippen MR) is 184 cm³/mol. The number of carbonyl (C=O) groups excluding carboxylic acids is 2. The number of halogens is 2. The number of nitrogens with zero attached hydrogens (tertiary/aromatic N) is 2. The van der Waals surface area contributed by atoms with Gasteiger partial charge in [0.05, 0.1) is 10.6 Å². The van der Waals surface area contributed by atoms with Gasteiger partial charge in [0.1, 0.15) is 12.6 Å². The molecule has 0 saturated heterocycles. The average Bonchev–Trinajstić information content (AvgIpc) is 3.56. The van der Waals surface area contributed by atoms with Crippen molar-refractivity contribution in [2.75, 3.05) is 10.8 Å². The highest BCUT2D eigenvalue weighted by Gasteiger charge is 2.35. The molecule has 0 unspecified atom stereocenters. The van der Waals surface area contributed by atoms with Crippen molar-refractivity contribution in [2.45, 2.75) is 55.6 Å². The fourth-order valence-corrected chi connectivity index (χ4v) is 7.67. The van der Waals surface area contributed by atoms with Crippen LogP contribution in [0.25, 0.3) is 0 Å². The van der Waals surface area contributed by atoms with E-state index in [4.69, 9.17) is 0 Å². The molecule has 234 valence electrons. The SMILES string of the molecule is O=C(NC1CCCC1)[C@H](Cc1ccccc1)N(Cc1ccc(Br)cc1)C(=O)CN(c1cccc(Br)c1)S(=O)(=O)c1ccccc1. The Hall–Kier alpha value is -3.47. The zero-order chi connectivity index (χ0) is 31.8. The van der Waals surface area contributed by atoms with Crippen molar-refractivity contribution in [1.82, 2.24) is 10.2 Å². The molecule has 0 aromatic heterocycles. The van der Waals surface area contributed by atoms with Gasteiger partial charge < -0.3 is 10.2 Å². The lowest BCUT2D eigenvalue weighted by Crippen LogP contribution is -2.54. The largest absolute Gasteiger partial charge is 0.352 e. The number of rotatable bonds is 12. The van der Waals surface area contributed by atoms with E-state index in [1.54, 1.807) is 42.5 Å². The molecule has 0 heterocycles. The molecule has 7 nitrogen and oxygen atoms in total. The molecule has 1 fully saturated rings. The molecule has 45 heavy (non-hydrogen) atoms. The van der Waals surface area contributed by atoms with Gasteiger partial charge in [0.2, 0.25) is 11.8 Å². The van der Waals surface area contributed by atoms with Crippen LogP contribution in [0.2, 0.25) is 0 Å². The van der Waals surface area contributed by atoms with E-state index in [2.05, 4.69) is 37.2 Å². The van der Waals surface area contributed by atoms with Crippen molar-refractivity contribution in [2.24, 2.45) is 0 Å². The second kappa shape index (κ2) is 15.2. The molecule has 1 N–H and O–H groups in total. The van der Waals surface area contributed by atoms with Gasteiger partial charge in [-0.05, 0) is 66.4 Å². The topological polar surface area (TPSA) is 86.8 Å². The minimum absolute atomic E-state index is 0.0528. The van der Waals surface area contributed by atoms with Gasteiger partial charge in [-0.25, -0.2) is 8.42 Å². The first kappa shape index (κ1) is 32.9. The zero-order valence-corrected chi connectivity index (χ0v) is 28.7. The van der Waals surface area contributed by atoms with Crippen molar-refractivity contribution in [3.8, 4) is 0 Å². The monoisotopic (exact) mass is 751 g/mol. The smallest absolute Gasteiger partial charge is 0.264 e. The van der Waals surface area contributed by atoms with Crippen molar-refractivity contribution in [1.29, 1.82) is 0 Å². The van der Waals surface area contributed by atoms with Crippen LogP contribution in [-0.4, -0.2) is 43.8 Å². The Morgan fingerprint density at radius 2 is 1.42 bits per heavy atom. The van der Waals surface area contributed by atoms with Crippen LogP contribution in [0.5, 0.6) is 0 Å². The maximum atomic E-state index is 14.6. The molecule has 4 aromatic rings. The van der Waals surface area contributed by atoms with E-state index in [0.717, 1.165) is 45.6 Å². The van der Waals surface area contributed by atoms with Crippen molar-refractivity contribution >= 4 is 59.4 Å². The van der Waals surface area contributed by atoms with Gasteiger partial charge in [-0.15, -0.1) is 0 Å². The summed E-state index contributed by atoms with van der Waals surface area (Å²) in [4.78, 5) is 30.2. The quantitative estimate of drug-likeness (QED) is 0.167. The standard InChI is InChI=1S/C35H35Br2N3O4S/c36-28-20-18-27(19-21-28)24-39(33(22-26-10-3-1-4-11-26)35(42)38-30-13-7-8-14-30)34(41)25-40(31-15-9-12-29(37)23-31)45(43,44)32-16-5-2-6-17-32/h1-6,9-12,15-21,23,30,33H,7-8,13-14,22,24-25H2,(H,38,42)/t33-/m0/s1. The number of amides is 2. The maximum Gasteiger partial charge on any atom is 0.264 e. The van der Waals surface area contributed by atoms with Gasteiger partial charge in [0, 0.05) is 28.0 Å². The fraction of sp³-hybridized carbons (Fsp3) is 0.257. The third-order valence-corrected chi connectivity index (χ3v) is 10.8. The third-order valence-electron chi connectivity index (χ3n) is 7.95. The molecule has 5 rings (SSSR count). The normalized spacial score (nSPS) is 14.1. The summed E-state index contributed by atoms with van der Waals surface area (Å²) < 4.78 is 30.8. The molecule has 1 aliphatic rings. The van der Waals surface area contributed by atoms with Gasteiger partial charge in [-0.2, -0.15) is 0 Å². The third kappa shape index (κ3) is 8.62.